The van der Waals surface area contributed by atoms with Gasteiger partial charge in [0.25, 0.3) is 0 Å². The van der Waals surface area contributed by atoms with Crippen LogP contribution in [0.5, 0.6) is 0 Å². The maximum absolute atomic E-state index is 11.8. The molecular formula is C14H14O3. The summed E-state index contributed by atoms with van der Waals surface area (Å²) in [4.78, 5) is 23.6. The molecule has 0 radical (unpaired) electrons. The standard InChI is InChI=1S/C14H14O3/c15-13-11-7-4-8(12(11)14(16)17-13)10-6-2-1-5(3-6)9(7)10/h5-8,11-12H,1-4H2/t5-,6-,7+,8+,11-,12-/m1/s1. The highest BCUT2D eigenvalue weighted by molar-refractivity contribution is 5.98. The second kappa shape index (κ2) is 2.50. The minimum absolute atomic E-state index is 0.106. The Bertz CT molecular complexity index is 462. The Hall–Kier alpha value is -1.12. The smallest absolute Gasteiger partial charge is 0.318 e. The third-order valence-corrected chi connectivity index (χ3v) is 5.95. The molecule has 0 amide bonds. The van der Waals surface area contributed by atoms with Crippen LogP contribution in [0.2, 0.25) is 0 Å². The van der Waals surface area contributed by atoms with Gasteiger partial charge in [0.2, 0.25) is 0 Å². The van der Waals surface area contributed by atoms with Crippen LogP contribution < -0.4 is 0 Å². The summed E-state index contributed by atoms with van der Waals surface area (Å²) in [5, 5.41) is 0. The average molecular weight is 230 g/mol. The summed E-state index contributed by atoms with van der Waals surface area (Å²) < 4.78 is 4.86. The number of carbonyl (C=O) groups excluding carboxylic acids is 2. The topological polar surface area (TPSA) is 43.4 Å². The molecular weight excluding hydrogens is 216 g/mol. The van der Waals surface area contributed by atoms with Gasteiger partial charge in [-0.05, 0) is 49.4 Å². The van der Waals surface area contributed by atoms with Crippen LogP contribution in [0.4, 0.5) is 0 Å². The molecule has 0 N–H and O–H groups in total. The molecule has 88 valence electrons. The molecule has 0 aromatic carbocycles. The van der Waals surface area contributed by atoms with E-state index in [1.54, 1.807) is 11.1 Å². The molecule has 0 unspecified atom stereocenters. The molecule has 4 aliphatic carbocycles. The van der Waals surface area contributed by atoms with Gasteiger partial charge in [-0.1, -0.05) is 11.1 Å². The molecule has 3 fully saturated rings. The Morgan fingerprint density at radius 2 is 1.35 bits per heavy atom. The SMILES string of the molecule is O=C1OC(=O)[C@H]2[C@H]1[C@H]1C[C@H]2C2=C1[C@@H]1CC[C@@H]2C1. The summed E-state index contributed by atoms with van der Waals surface area (Å²) in [6.07, 6.45) is 4.99. The summed E-state index contributed by atoms with van der Waals surface area (Å²) in [6.45, 7) is 0. The van der Waals surface area contributed by atoms with Crippen LogP contribution in [-0.2, 0) is 14.3 Å². The van der Waals surface area contributed by atoms with Crippen molar-refractivity contribution in [1.29, 1.82) is 0 Å². The molecule has 0 aromatic heterocycles. The molecule has 0 aromatic rings. The Kier molecular flexibility index (Phi) is 1.31. The van der Waals surface area contributed by atoms with Crippen molar-refractivity contribution >= 4 is 11.9 Å². The predicted molar refractivity (Wildman–Crippen MR) is 57.5 cm³/mol. The number of hydrogen-bond donors (Lipinski definition) is 0. The van der Waals surface area contributed by atoms with E-state index >= 15 is 0 Å². The van der Waals surface area contributed by atoms with Gasteiger partial charge in [-0.2, -0.15) is 0 Å². The van der Waals surface area contributed by atoms with Gasteiger partial charge in [-0.25, -0.2) is 0 Å². The number of ether oxygens (including phenoxy) is 1. The lowest BCUT2D eigenvalue weighted by Crippen LogP contribution is -2.29. The van der Waals surface area contributed by atoms with E-state index in [-0.39, 0.29) is 23.8 Å². The van der Waals surface area contributed by atoms with Crippen molar-refractivity contribution in [2.24, 2.45) is 35.5 Å². The van der Waals surface area contributed by atoms with E-state index in [4.69, 9.17) is 4.74 Å². The summed E-state index contributed by atoms with van der Waals surface area (Å²) in [6, 6.07) is 0. The van der Waals surface area contributed by atoms with Gasteiger partial charge in [0.1, 0.15) is 0 Å². The number of rotatable bonds is 0. The number of cyclic esters (lactones) is 2. The highest BCUT2D eigenvalue weighted by Gasteiger charge is 2.66. The Balaban J connectivity index is 1.69. The van der Waals surface area contributed by atoms with E-state index < -0.39 is 0 Å². The van der Waals surface area contributed by atoms with Crippen LogP contribution >= 0.6 is 0 Å². The number of carbonyl (C=O) groups is 2. The van der Waals surface area contributed by atoms with Crippen molar-refractivity contribution in [3.05, 3.63) is 11.1 Å². The minimum atomic E-state index is -0.234. The van der Waals surface area contributed by atoms with Gasteiger partial charge in [0.15, 0.2) is 0 Å². The van der Waals surface area contributed by atoms with Crippen molar-refractivity contribution in [1.82, 2.24) is 0 Å². The van der Waals surface area contributed by atoms with Crippen molar-refractivity contribution in [2.45, 2.75) is 25.7 Å². The first-order valence-electron chi connectivity index (χ1n) is 6.75. The van der Waals surface area contributed by atoms with E-state index in [0.717, 1.165) is 18.3 Å². The molecule has 1 heterocycles. The molecule has 3 nitrogen and oxygen atoms in total. The quantitative estimate of drug-likeness (QED) is 0.275. The molecule has 2 saturated carbocycles. The molecule has 1 aliphatic heterocycles. The summed E-state index contributed by atoms with van der Waals surface area (Å²) in [5.41, 5.74) is 3.19. The maximum Gasteiger partial charge on any atom is 0.318 e. The Labute approximate surface area is 99.2 Å². The molecule has 4 bridgehead atoms. The van der Waals surface area contributed by atoms with Crippen LogP contribution in [0.15, 0.2) is 11.1 Å². The van der Waals surface area contributed by atoms with Gasteiger partial charge >= 0.3 is 11.9 Å². The van der Waals surface area contributed by atoms with Gasteiger partial charge in [-0.15, -0.1) is 0 Å². The van der Waals surface area contributed by atoms with E-state index in [9.17, 15) is 9.59 Å². The maximum atomic E-state index is 11.8. The van der Waals surface area contributed by atoms with Crippen molar-refractivity contribution in [3.63, 3.8) is 0 Å². The van der Waals surface area contributed by atoms with Crippen LogP contribution in [0.1, 0.15) is 25.7 Å². The van der Waals surface area contributed by atoms with E-state index in [2.05, 4.69) is 0 Å². The second-order valence-corrected chi connectivity index (χ2v) is 6.36. The highest BCUT2D eigenvalue weighted by atomic mass is 16.6. The lowest BCUT2D eigenvalue weighted by atomic mass is 9.72. The summed E-state index contributed by atoms with van der Waals surface area (Å²) >= 11 is 0. The highest BCUT2D eigenvalue weighted by Crippen LogP contribution is 2.68. The normalized spacial score (nSPS) is 53.4. The molecule has 17 heavy (non-hydrogen) atoms. The number of hydrogen-bond acceptors (Lipinski definition) is 3. The second-order valence-electron chi connectivity index (χ2n) is 6.36. The monoisotopic (exact) mass is 230 g/mol. The Morgan fingerprint density at radius 1 is 0.824 bits per heavy atom. The van der Waals surface area contributed by atoms with Crippen LogP contribution in [-0.4, -0.2) is 11.9 Å². The summed E-state index contributed by atoms with van der Waals surface area (Å²) in [7, 11) is 0. The molecule has 1 saturated heterocycles. The van der Waals surface area contributed by atoms with Crippen LogP contribution in [0, 0.1) is 35.5 Å². The molecule has 0 spiro atoms. The van der Waals surface area contributed by atoms with Crippen LogP contribution in [0.25, 0.3) is 0 Å². The first-order chi connectivity index (χ1) is 8.25. The molecule has 5 aliphatic rings. The number of allylic oxidation sites excluding steroid dienone is 2. The third-order valence-electron chi connectivity index (χ3n) is 5.95. The lowest BCUT2D eigenvalue weighted by molar-refractivity contribution is -0.154. The number of esters is 2. The molecule has 6 atom stereocenters. The van der Waals surface area contributed by atoms with Gasteiger partial charge in [-0.3, -0.25) is 9.59 Å². The van der Waals surface area contributed by atoms with Crippen LogP contribution in [0.3, 0.4) is 0 Å². The van der Waals surface area contributed by atoms with E-state index in [1.165, 1.54) is 19.3 Å². The van der Waals surface area contributed by atoms with Gasteiger partial charge in [0.05, 0.1) is 11.8 Å². The number of fused-ring (bicyclic) bond motifs is 11. The zero-order valence-electron chi connectivity index (χ0n) is 9.52. The fourth-order valence-corrected chi connectivity index (χ4v) is 5.62. The zero-order chi connectivity index (χ0) is 11.3. The first-order valence-corrected chi connectivity index (χ1v) is 6.75. The average Bonchev–Trinajstić information content (AvgIpc) is 3.03. The zero-order valence-corrected chi connectivity index (χ0v) is 9.52. The van der Waals surface area contributed by atoms with Crippen molar-refractivity contribution < 1.29 is 14.3 Å². The van der Waals surface area contributed by atoms with Crippen molar-refractivity contribution in [2.75, 3.05) is 0 Å². The summed E-state index contributed by atoms with van der Waals surface area (Å²) in [5.74, 6) is 1.55. The first kappa shape index (κ1) is 8.90. The minimum Gasteiger partial charge on any atom is -0.393 e. The predicted octanol–water partition coefficient (Wildman–Crippen LogP) is 1.68. The van der Waals surface area contributed by atoms with Gasteiger partial charge < -0.3 is 4.74 Å². The Morgan fingerprint density at radius 3 is 1.88 bits per heavy atom. The molecule has 5 rings (SSSR count). The van der Waals surface area contributed by atoms with E-state index in [0.29, 0.717) is 11.8 Å². The fourth-order valence-electron chi connectivity index (χ4n) is 5.62. The largest absolute Gasteiger partial charge is 0.393 e. The van der Waals surface area contributed by atoms with Crippen molar-refractivity contribution in [3.8, 4) is 0 Å². The van der Waals surface area contributed by atoms with E-state index in [1.807, 2.05) is 0 Å². The lowest BCUT2D eigenvalue weighted by Gasteiger charge is -2.28. The fraction of sp³-hybridized carbons (Fsp3) is 0.714. The van der Waals surface area contributed by atoms with Gasteiger partial charge in [0, 0.05) is 0 Å². The third kappa shape index (κ3) is 0.791. The molecule has 3 heteroatoms.